The monoisotopic (exact) mass is 258 g/mol. The highest BCUT2D eigenvalue weighted by Gasteiger charge is 2.10. The standard InChI is InChI=1S/C8H8Cl2N6/c1-4-6(10)3-16(15-4)7-5(9)2-12-8(13-7)14-11/h2-3H,11H2,1H3,(H,12,13,14). The smallest absolute Gasteiger partial charge is 0.239 e. The lowest BCUT2D eigenvalue weighted by atomic mass is 10.5. The van der Waals surface area contributed by atoms with E-state index in [0.29, 0.717) is 21.6 Å². The van der Waals surface area contributed by atoms with E-state index in [1.54, 1.807) is 13.1 Å². The van der Waals surface area contributed by atoms with Gasteiger partial charge in [-0.2, -0.15) is 10.1 Å². The van der Waals surface area contributed by atoms with Gasteiger partial charge in [0.1, 0.15) is 5.02 Å². The SMILES string of the molecule is Cc1nn(-c2nc(NN)ncc2Cl)cc1Cl. The lowest BCUT2D eigenvalue weighted by Crippen LogP contribution is -2.12. The minimum absolute atomic E-state index is 0.253. The fraction of sp³-hybridized carbons (Fsp3) is 0.125. The second-order valence-electron chi connectivity index (χ2n) is 3.02. The van der Waals surface area contributed by atoms with Crippen LogP contribution in [0.15, 0.2) is 12.4 Å². The maximum absolute atomic E-state index is 5.95. The second kappa shape index (κ2) is 4.25. The zero-order valence-electron chi connectivity index (χ0n) is 8.28. The van der Waals surface area contributed by atoms with Gasteiger partial charge < -0.3 is 0 Å². The highest BCUT2D eigenvalue weighted by molar-refractivity contribution is 6.32. The third-order valence-corrected chi connectivity index (χ3v) is 2.55. The fourth-order valence-corrected chi connectivity index (χ4v) is 1.44. The number of hydrazine groups is 1. The van der Waals surface area contributed by atoms with Gasteiger partial charge in [0.15, 0.2) is 5.82 Å². The van der Waals surface area contributed by atoms with Crippen LogP contribution in [0.2, 0.25) is 10.0 Å². The van der Waals surface area contributed by atoms with E-state index in [0.717, 1.165) is 0 Å². The first-order valence-corrected chi connectivity index (χ1v) is 5.08. The molecule has 3 N–H and O–H groups in total. The van der Waals surface area contributed by atoms with Gasteiger partial charge in [0.2, 0.25) is 5.95 Å². The van der Waals surface area contributed by atoms with Crippen molar-refractivity contribution in [3.8, 4) is 5.82 Å². The summed E-state index contributed by atoms with van der Waals surface area (Å²) in [4.78, 5) is 7.94. The molecule has 0 fully saturated rings. The average molecular weight is 259 g/mol. The Balaban J connectivity index is 2.54. The highest BCUT2D eigenvalue weighted by Crippen LogP contribution is 2.21. The maximum Gasteiger partial charge on any atom is 0.239 e. The Morgan fingerprint density at radius 3 is 2.69 bits per heavy atom. The van der Waals surface area contributed by atoms with E-state index in [1.807, 2.05) is 0 Å². The number of anilines is 1. The summed E-state index contributed by atoms with van der Waals surface area (Å²) in [5.41, 5.74) is 3.02. The normalized spacial score (nSPS) is 10.5. The summed E-state index contributed by atoms with van der Waals surface area (Å²) in [7, 11) is 0. The van der Waals surface area contributed by atoms with E-state index in [4.69, 9.17) is 29.0 Å². The number of hydrogen-bond acceptors (Lipinski definition) is 5. The number of rotatable bonds is 2. The molecule has 0 radical (unpaired) electrons. The Kier molecular flexibility index (Phi) is 2.95. The van der Waals surface area contributed by atoms with Crippen LogP contribution in [0, 0.1) is 6.92 Å². The lowest BCUT2D eigenvalue weighted by Gasteiger charge is -2.04. The molecule has 0 unspecified atom stereocenters. The van der Waals surface area contributed by atoms with E-state index in [2.05, 4.69) is 20.5 Å². The van der Waals surface area contributed by atoms with Crippen LogP contribution in [0.25, 0.3) is 5.82 Å². The molecule has 0 aliphatic heterocycles. The zero-order chi connectivity index (χ0) is 11.7. The largest absolute Gasteiger partial charge is 0.292 e. The topological polar surface area (TPSA) is 81.7 Å². The van der Waals surface area contributed by atoms with Gasteiger partial charge in [-0.15, -0.1) is 0 Å². The van der Waals surface area contributed by atoms with Gasteiger partial charge in [-0.25, -0.2) is 15.5 Å². The van der Waals surface area contributed by atoms with Crippen molar-refractivity contribution in [3.05, 3.63) is 28.1 Å². The summed E-state index contributed by atoms with van der Waals surface area (Å²) < 4.78 is 1.47. The van der Waals surface area contributed by atoms with Crippen LogP contribution in [0.5, 0.6) is 0 Å². The molecule has 2 aromatic rings. The highest BCUT2D eigenvalue weighted by atomic mass is 35.5. The molecule has 0 atom stereocenters. The van der Waals surface area contributed by atoms with Crippen molar-refractivity contribution in [2.24, 2.45) is 5.84 Å². The molecular weight excluding hydrogens is 251 g/mol. The maximum atomic E-state index is 5.95. The minimum Gasteiger partial charge on any atom is -0.292 e. The van der Waals surface area contributed by atoms with Gasteiger partial charge in [0, 0.05) is 0 Å². The molecule has 0 aliphatic rings. The van der Waals surface area contributed by atoms with Crippen molar-refractivity contribution < 1.29 is 0 Å². The third-order valence-electron chi connectivity index (χ3n) is 1.91. The lowest BCUT2D eigenvalue weighted by molar-refractivity contribution is 0.826. The molecule has 0 saturated heterocycles. The summed E-state index contributed by atoms with van der Waals surface area (Å²) in [6.07, 6.45) is 3.05. The molecule has 2 heterocycles. The molecule has 0 aliphatic carbocycles. The Hall–Kier alpha value is -1.37. The van der Waals surface area contributed by atoms with Crippen molar-refractivity contribution in [2.45, 2.75) is 6.92 Å². The van der Waals surface area contributed by atoms with E-state index in [9.17, 15) is 0 Å². The predicted molar refractivity (Wildman–Crippen MR) is 61.7 cm³/mol. The van der Waals surface area contributed by atoms with Crippen molar-refractivity contribution in [1.82, 2.24) is 19.7 Å². The Labute approximate surface area is 101 Å². The van der Waals surface area contributed by atoms with Crippen LogP contribution >= 0.6 is 23.2 Å². The average Bonchev–Trinajstić information content (AvgIpc) is 2.60. The molecule has 0 saturated carbocycles. The van der Waals surface area contributed by atoms with E-state index in [-0.39, 0.29) is 5.95 Å². The van der Waals surface area contributed by atoms with Gasteiger partial charge >= 0.3 is 0 Å². The summed E-state index contributed by atoms with van der Waals surface area (Å²) in [5.74, 6) is 5.88. The number of aromatic nitrogens is 4. The number of aryl methyl sites for hydroxylation is 1. The van der Waals surface area contributed by atoms with Crippen LogP contribution in [0.4, 0.5) is 5.95 Å². The summed E-state index contributed by atoms with van der Waals surface area (Å²) in [6.45, 7) is 1.79. The first kappa shape index (κ1) is 11.1. The molecule has 84 valence electrons. The zero-order valence-corrected chi connectivity index (χ0v) is 9.79. The van der Waals surface area contributed by atoms with Gasteiger partial charge in [-0.3, -0.25) is 5.43 Å². The van der Waals surface area contributed by atoms with Crippen molar-refractivity contribution >= 4 is 29.2 Å². The number of nitrogen functional groups attached to an aromatic ring is 1. The van der Waals surface area contributed by atoms with Gasteiger partial charge in [0.05, 0.1) is 23.1 Å². The van der Waals surface area contributed by atoms with Crippen LogP contribution in [-0.2, 0) is 0 Å². The Bertz CT molecular complexity index is 504. The number of nitrogens with two attached hydrogens (primary N) is 1. The first-order valence-electron chi connectivity index (χ1n) is 4.33. The van der Waals surface area contributed by atoms with Gasteiger partial charge in [0.25, 0.3) is 0 Å². The first-order chi connectivity index (χ1) is 7.61. The van der Waals surface area contributed by atoms with Crippen LogP contribution < -0.4 is 11.3 Å². The molecule has 0 bridgehead atoms. The van der Waals surface area contributed by atoms with Crippen molar-refractivity contribution in [1.29, 1.82) is 0 Å². The number of nitrogens with one attached hydrogen (secondary N) is 1. The van der Waals surface area contributed by atoms with Crippen LogP contribution in [-0.4, -0.2) is 19.7 Å². The van der Waals surface area contributed by atoms with Crippen LogP contribution in [0.3, 0.4) is 0 Å². The Morgan fingerprint density at radius 2 is 2.12 bits per heavy atom. The van der Waals surface area contributed by atoms with E-state index in [1.165, 1.54) is 10.9 Å². The third kappa shape index (κ3) is 1.95. The second-order valence-corrected chi connectivity index (χ2v) is 3.83. The molecule has 0 spiro atoms. The van der Waals surface area contributed by atoms with Crippen molar-refractivity contribution in [3.63, 3.8) is 0 Å². The Morgan fingerprint density at radius 1 is 1.38 bits per heavy atom. The molecular formula is C8H8Cl2N6. The number of hydrogen-bond donors (Lipinski definition) is 2. The quantitative estimate of drug-likeness (QED) is 0.631. The molecule has 2 aromatic heterocycles. The number of nitrogens with zero attached hydrogens (tertiary/aromatic N) is 4. The molecule has 8 heteroatoms. The predicted octanol–water partition coefficient (Wildman–Crippen LogP) is 1.56. The summed E-state index contributed by atoms with van der Waals surface area (Å²) in [6, 6.07) is 0. The summed E-state index contributed by atoms with van der Waals surface area (Å²) >= 11 is 11.8. The molecule has 6 nitrogen and oxygen atoms in total. The number of halogens is 2. The van der Waals surface area contributed by atoms with Crippen LogP contribution in [0.1, 0.15) is 5.69 Å². The van der Waals surface area contributed by atoms with Gasteiger partial charge in [-0.1, -0.05) is 23.2 Å². The molecule has 2 rings (SSSR count). The molecule has 0 amide bonds. The molecule has 0 aromatic carbocycles. The van der Waals surface area contributed by atoms with Gasteiger partial charge in [-0.05, 0) is 6.92 Å². The van der Waals surface area contributed by atoms with E-state index >= 15 is 0 Å². The van der Waals surface area contributed by atoms with E-state index < -0.39 is 0 Å². The fourth-order valence-electron chi connectivity index (χ4n) is 1.14. The van der Waals surface area contributed by atoms with Crippen molar-refractivity contribution in [2.75, 3.05) is 5.43 Å². The minimum atomic E-state index is 0.253. The molecule has 16 heavy (non-hydrogen) atoms. The summed E-state index contributed by atoms with van der Waals surface area (Å²) in [5, 5.41) is 5.06.